The van der Waals surface area contributed by atoms with E-state index in [2.05, 4.69) is 9.97 Å². The Balaban J connectivity index is 2.98. The van der Waals surface area contributed by atoms with E-state index in [-0.39, 0.29) is 0 Å². The molecule has 0 saturated heterocycles. The highest BCUT2D eigenvalue weighted by molar-refractivity contribution is 5.93. The van der Waals surface area contributed by atoms with E-state index in [9.17, 15) is 0 Å². The van der Waals surface area contributed by atoms with Crippen molar-refractivity contribution >= 4 is 5.71 Å². The van der Waals surface area contributed by atoms with Gasteiger partial charge in [0, 0.05) is 12.4 Å². The van der Waals surface area contributed by atoms with Gasteiger partial charge in [-0.3, -0.25) is 9.97 Å². The Labute approximate surface area is 53.3 Å². The summed E-state index contributed by atoms with van der Waals surface area (Å²) in [5, 5.41) is 7.13. The van der Waals surface area contributed by atoms with E-state index in [1.807, 2.05) is 0 Å². The van der Waals surface area contributed by atoms with Crippen LogP contribution in [0.2, 0.25) is 0 Å². The standard InChI is InChI=1S/C6H7N3/c1-5(7)6-4-8-2-3-9-6/h2-4,7H,1H3. The molecule has 0 spiro atoms. The Morgan fingerprint density at radius 3 is 2.67 bits per heavy atom. The number of hydrogen-bond acceptors (Lipinski definition) is 3. The van der Waals surface area contributed by atoms with Crippen LogP contribution in [0, 0.1) is 5.41 Å². The van der Waals surface area contributed by atoms with Crippen molar-refractivity contribution in [1.29, 1.82) is 5.41 Å². The molecule has 46 valence electrons. The van der Waals surface area contributed by atoms with Crippen LogP contribution in [-0.2, 0) is 0 Å². The third kappa shape index (κ3) is 1.32. The molecule has 0 aromatic carbocycles. The number of nitrogens with zero attached hydrogens (tertiary/aromatic N) is 2. The van der Waals surface area contributed by atoms with E-state index >= 15 is 0 Å². The van der Waals surface area contributed by atoms with Gasteiger partial charge in [0.25, 0.3) is 0 Å². The van der Waals surface area contributed by atoms with Crippen molar-refractivity contribution in [1.82, 2.24) is 9.97 Å². The molecule has 0 atom stereocenters. The molecule has 0 aliphatic heterocycles. The summed E-state index contributed by atoms with van der Waals surface area (Å²) in [5.41, 5.74) is 1.08. The first-order valence-corrected chi connectivity index (χ1v) is 2.62. The molecule has 0 unspecified atom stereocenters. The topological polar surface area (TPSA) is 49.6 Å². The molecule has 1 N–H and O–H groups in total. The molecule has 0 fully saturated rings. The van der Waals surface area contributed by atoms with Crippen LogP contribution in [0.4, 0.5) is 0 Å². The molecule has 1 aromatic rings. The van der Waals surface area contributed by atoms with Crippen molar-refractivity contribution < 1.29 is 0 Å². The van der Waals surface area contributed by atoms with Crippen LogP contribution in [0.3, 0.4) is 0 Å². The smallest absolute Gasteiger partial charge is 0.102 e. The SMILES string of the molecule is CC(=N)c1cnccn1. The lowest BCUT2D eigenvalue weighted by Crippen LogP contribution is -1.95. The molecular formula is C6H7N3. The lowest BCUT2D eigenvalue weighted by molar-refractivity contribution is 1.17. The van der Waals surface area contributed by atoms with Gasteiger partial charge in [-0.1, -0.05) is 0 Å². The minimum absolute atomic E-state index is 0.447. The lowest BCUT2D eigenvalue weighted by atomic mass is 10.3. The summed E-state index contributed by atoms with van der Waals surface area (Å²) >= 11 is 0. The molecule has 3 nitrogen and oxygen atoms in total. The Hall–Kier alpha value is -1.25. The van der Waals surface area contributed by atoms with Crippen LogP contribution in [0.25, 0.3) is 0 Å². The molecular weight excluding hydrogens is 114 g/mol. The van der Waals surface area contributed by atoms with Gasteiger partial charge in [0.05, 0.1) is 11.9 Å². The van der Waals surface area contributed by atoms with Crippen molar-refractivity contribution in [3.8, 4) is 0 Å². The molecule has 1 rings (SSSR count). The monoisotopic (exact) mass is 121 g/mol. The Kier molecular flexibility index (Phi) is 1.53. The van der Waals surface area contributed by atoms with Gasteiger partial charge < -0.3 is 5.41 Å². The quantitative estimate of drug-likeness (QED) is 0.560. The van der Waals surface area contributed by atoms with E-state index in [4.69, 9.17) is 5.41 Å². The summed E-state index contributed by atoms with van der Waals surface area (Å²) in [7, 11) is 0. The van der Waals surface area contributed by atoms with Crippen LogP contribution in [-0.4, -0.2) is 15.7 Å². The fraction of sp³-hybridized carbons (Fsp3) is 0.167. The fourth-order valence-electron chi connectivity index (χ4n) is 0.493. The maximum atomic E-state index is 7.13. The average molecular weight is 121 g/mol. The zero-order chi connectivity index (χ0) is 6.69. The summed E-state index contributed by atoms with van der Waals surface area (Å²) in [4.78, 5) is 7.69. The summed E-state index contributed by atoms with van der Waals surface area (Å²) < 4.78 is 0. The fourth-order valence-corrected chi connectivity index (χ4v) is 0.493. The zero-order valence-corrected chi connectivity index (χ0v) is 5.13. The first-order valence-electron chi connectivity index (χ1n) is 2.62. The Morgan fingerprint density at radius 1 is 1.56 bits per heavy atom. The second-order valence-corrected chi connectivity index (χ2v) is 1.72. The van der Waals surface area contributed by atoms with Crippen molar-refractivity contribution in [2.45, 2.75) is 6.92 Å². The van der Waals surface area contributed by atoms with Gasteiger partial charge in [-0.25, -0.2) is 0 Å². The van der Waals surface area contributed by atoms with Gasteiger partial charge in [-0.15, -0.1) is 0 Å². The predicted molar refractivity (Wildman–Crippen MR) is 34.5 cm³/mol. The van der Waals surface area contributed by atoms with Gasteiger partial charge in [0.1, 0.15) is 5.69 Å². The maximum absolute atomic E-state index is 7.13. The molecule has 0 aliphatic rings. The van der Waals surface area contributed by atoms with E-state index in [0.717, 1.165) is 0 Å². The van der Waals surface area contributed by atoms with Crippen LogP contribution in [0.15, 0.2) is 18.6 Å². The molecule has 3 heteroatoms. The number of rotatable bonds is 1. The molecule has 0 aliphatic carbocycles. The minimum Gasteiger partial charge on any atom is -0.303 e. The molecule has 0 radical (unpaired) electrons. The summed E-state index contributed by atoms with van der Waals surface area (Å²) in [6.45, 7) is 1.68. The molecule has 0 bridgehead atoms. The van der Waals surface area contributed by atoms with Crippen molar-refractivity contribution in [3.63, 3.8) is 0 Å². The van der Waals surface area contributed by atoms with Crippen molar-refractivity contribution in [2.75, 3.05) is 0 Å². The zero-order valence-electron chi connectivity index (χ0n) is 5.13. The van der Waals surface area contributed by atoms with E-state index in [1.54, 1.807) is 25.5 Å². The minimum atomic E-state index is 0.447. The Bertz CT molecular complexity index is 205. The van der Waals surface area contributed by atoms with Crippen molar-refractivity contribution in [3.05, 3.63) is 24.3 Å². The summed E-state index contributed by atoms with van der Waals surface area (Å²) in [5.74, 6) is 0. The molecule has 1 heterocycles. The molecule has 9 heavy (non-hydrogen) atoms. The second-order valence-electron chi connectivity index (χ2n) is 1.72. The Morgan fingerprint density at radius 2 is 2.33 bits per heavy atom. The highest BCUT2D eigenvalue weighted by atomic mass is 14.8. The number of hydrogen-bond donors (Lipinski definition) is 1. The lowest BCUT2D eigenvalue weighted by Gasteiger charge is -1.91. The third-order valence-electron chi connectivity index (χ3n) is 0.947. The molecule has 1 aromatic heterocycles. The number of nitrogens with one attached hydrogen (secondary N) is 1. The predicted octanol–water partition coefficient (Wildman–Crippen LogP) is 0.864. The average Bonchev–Trinajstić information content (AvgIpc) is 1.90. The molecule has 0 saturated carbocycles. The van der Waals surface area contributed by atoms with Crippen LogP contribution in [0.1, 0.15) is 12.6 Å². The second kappa shape index (κ2) is 2.35. The summed E-state index contributed by atoms with van der Waals surface area (Å²) in [6, 6.07) is 0. The molecule has 0 amide bonds. The van der Waals surface area contributed by atoms with Gasteiger partial charge in [-0.05, 0) is 6.92 Å². The largest absolute Gasteiger partial charge is 0.303 e. The first-order chi connectivity index (χ1) is 4.30. The van der Waals surface area contributed by atoms with Gasteiger partial charge in [-0.2, -0.15) is 0 Å². The number of aromatic nitrogens is 2. The maximum Gasteiger partial charge on any atom is 0.102 e. The van der Waals surface area contributed by atoms with E-state index < -0.39 is 0 Å². The van der Waals surface area contributed by atoms with E-state index in [1.165, 1.54) is 0 Å². The highest BCUT2D eigenvalue weighted by Crippen LogP contribution is 1.88. The van der Waals surface area contributed by atoms with Crippen molar-refractivity contribution in [2.24, 2.45) is 0 Å². The van der Waals surface area contributed by atoms with Gasteiger partial charge >= 0.3 is 0 Å². The first kappa shape index (κ1) is 5.88. The van der Waals surface area contributed by atoms with Gasteiger partial charge in [0.15, 0.2) is 0 Å². The van der Waals surface area contributed by atoms with Gasteiger partial charge in [0.2, 0.25) is 0 Å². The normalized spacial score (nSPS) is 9.00. The van der Waals surface area contributed by atoms with Crippen LogP contribution < -0.4 is 0 Å². The highest BCUT2D eigenvalue weighted by Gasteiger charge is 1.91. The van der Waals surface area contributed by atoms with Crippen LogP contribution in [0.5, 0.6) is 0 Å². The van der Waals surface area contributed by atoms with E-state index in [0.29, 0.717) is 11.4 Å². The van der Waals surface area contributed by atoms with Crippen LogP contribution >= 0.6 is 0 Å². The summed E-state index contributed by atoms with van der Waals surface area (Å²) in [6.07, 6.45) is 4.74. The third-order valence-corrected chi connectivity index (χ3v) is 0.947.